The zero-order valence-corrected chi connectivity index (χ0v) is 12.5. The molecular weight excluding hydrogens is 303 g/mol. The number of halogens is 1. The Bertz CT molecular complexity index is 1150. The van der Waals surface area contributed by atoms with E-state index in [0.29, 0.717) is 11.1 Å². The minimum Gasteiger partial charge on any atom is -0.305 e. The first-order chi connectivity index (χ1) is 11.7. The molecule has 0 bridgehead atoms. The first kappa shape index (κ1) is 14.2. The number of carbonyl (C=O) groups excluding carboxylic acids is 1. The highest BCUT2D eigenvalue weighted by Gasteiger charge is 2.20. The number of aromatic nitrogens is 1. The zero-order valence-electron chi connectivity index (χ0n) is 12.5. The molecule has 2 aromatic carbocycles. The second-order valence-electron chi connectivity index (χ2n) is 5.48. The topological polar surface area (TPSA) is 45.3 Å². The lowest BCUT2D eigenvalue weighted by Crippen LogP contribution is -2.07. The number of carbonyl (C=O) groups is 1. The summed E-state index contributed by atoms with van der Waals surface area (Å²) in [6.45, 7) is 0. The molecule has 0 aliphatic rings. The number of hydrogen-bond donors (Lipinski definition) is 0. The maximum absolute atomic E-state index is 14.0. The van der Waals surface area contributed by atoms with Crippen molar-refractivity contribution in [1.82, 2.24) is 4.40 Å². The molecule has 0 saturated heterocycles. The summed E-state index contributed by atoms with van der Waals surface area (Å²) in [5, 5.41) is 10.3. The SMILES string of the molecule is N#Cc1cc(C(=O)c2ccccc2F)n2c1ccc1ccccc12. The van der Waals surface area contributed by atoms with Gasteiger partial charge >= 0.3 is 0 Å². The number of para-hydroxylation sites is 1. The number of rotatable bonds is 2. The summed E-state index contributed by atoms with van der Waals surface area (Å²) in [4.78, 5) is 12.9. The van der Waals surface area contributed by atoms with Crippen LogP contribution in [-0.2, 0) is 0 Å². The van der Waals surface area contributed by atoms with Crippen LogP contribution in [0.1, 0.15) is 21.6 Å². The van der Waals surface area contributed by atoms with Gasteiger partial charge in [0, 0.05) is 0 Å². The van der Waals surface area contributed by atoms with Gasteiger partial charge in [-0.2, -0.15) is 5.26 Å². The van der Waals surface area contributed by atoms with Crippen LogP contribution in [-0.4, -0.2) is 10.2 Å². The fraction of sp³-hybridized carbons (Fsp3) is 0. The third-order valence-electron chi connectivity index (χ3n) is 4.11. The highest BCUT2D eigenvalue weighted by atomic mass is 19.1. The van der Waals surface area contributed by atoms with E-state index in [4.69, 9.17) is 0 Å². The van der Waals surface area contributed by atoms with E-state index in [0.717, 1.165) is 10.9 Å². The lowest BCUT2D eigenvalue weighted by molar-refractivity contribution is 0.103. The van der Waals surface area contributed by atoms with Crippen LogP contribution < -0.4 is 0 Å². The highest BCUT2D eigenvalue weighted by Crippen LogP contribution is 2.25. The van der Waals surface area contributed by atoms with E-state index in [1.807, 2.05) is 30.3 Å². The Morgan fingerprint density at radius 2 is 1.71 bits per heavy atom. The van der Waals surface area contributed by atoms with Crippen LogP contribution in [0.3, 0.4) is 0 Å². The summed E-state index contributed by atoms with van der Waals surface area (Å²) < 4.78 is 15.8. The summed E-state index contributed by atoms with van der Waals surface area (Å²) >= 11 is 0. The number of hydrogen-bond acceptors (Lipinski definition) is 2. The fourth-order valence-electron chi connectivity index (χ4n) is 2.99. The summed E-state index contributed by atoms with van der Waals surface area (Å²) in [6.07, 6.45) is 0. The number of benzene rings is 2. The number of nitriles is 1. The molecule has 0 atom stereocenters. The molecule has 4 rings (SSSR count). The third-order valence-corrected chi connectivity index (χ3v) is 4.11. The molecule has 3 nitrogen and oxygen atoms in total. The van der Waals surface area contributed by atoms with Gasteiger partial charge in [0.15, 0.2) is 0 Å². The first-order valence-electron chi connectivity index (χ1n) is 7.43. The van der Waals surface area contributed by atoms with Gasteiger partial charge in [0.1, 0.15) is 11.9 Å². The minimum atomic E-state index is -0.573. The van der Waals surface area contributed by atoms with Crippen molar-refractivity contribution in [3.05, 3.63) is 89.4 Å². The first-order valence-corrected chi connectivity index (χ1v) is 7.43. The quantitative estimate of drug-likeness (QED) is 0.517. The number of nitrogens with zero attached hydrogens (tertiary/aromatic N) is 2. The normalized spacial score (nSPS) is 10.8. The smallest absolute Gasteiger partial charge is 0.212 e. The Morgan fingerprint density at radius 1 is 0.958 bits per heavy atom. The van der Waals surface area contributed by atoms with Crippen LogP contribution in [0, 0.1) is 17.1 Å². The Hall–Kier alpha value is -3.45. The van der Waals surface area contributed by atoms with Crippen molar-refractivity contribution in [2.45, 2.75) is 0 Å². The van der Waals surface area contributed by atoms with Crippen LogP contribution in [0.15, 0.2) is 66.7 Å². The van der Waals surface area contributed by atoms with Gasteiger partial charge in [0.25, 0.3) is 0 Å². The standard InChI is InChI=1S/C20H11FN2O/c21-16-7-3-2-6-15(16)20(24)19-11-14(12-22)18-10-9-13-5-1-4-8-17(13)23(18)19/h1-11H. The van der Waals surface area contributed by atoms with Crippen LogP contribution in [0.25, 0.3) is 16.4 Å². The van der Waals surface area contributed by atoms with Gasteiger partial charge in [-0.15, -0.1) is 0 Å². The molecule has 4 aromatic rings. The largest absolute Gasteiger partial charge is 0.305 e. The molecular formula is C20H11FN2O. The molecule has 2 heterocycles. The summed E-state index contributed by atoms with van der Waals surface area (Å²) in [7, 11) is 0. The molecule has 0 aliphatic heterocycles. The molecule has 0 radical (unpaired) electrons. The van der Waals surface area contributed by atoms with E-state index in [9.17, 15) is 14.4 Å². The molecule has 0 spiro atoms. The predicted octanol–water partition coefficient (Wildman–Crippen LogP) is 4.33. The van der Waals surface area contributed by atoms with Crippen molar-refractivity contribution < 1.29 is 9.18 Å². The maximum atomic E-state index is 14.0. The van der Waals surface area contributed by atoms with Crippen LogP contribution >= 0.6 is 0 Å². The Labute approximate surface area is 137 Å². The molecule has 4 heteroatoms. The summed E-state index contributed by atoms with van der Waals surface area (Å²) in [5.41, 5.74) is 2.10. The lowest BCUT2D eigenvalue weighted by Gasteiger charge is -2.07. The second-order valence-corrected chi connectivity index (χ2v) is 5.48. The van der Waals surface area contributed by atoms with Gasteiger partial charge < -0.3 is 4.40 Å². The number of fused-ring (bicyclic) bond motifs is 3. The minimum absolute atomic E-state index is 0.00526. The molecule has 0 saturated carbocycles. The average Bonchev–Trinajstić information content (AvgIpc) is 3.01. The van der Waals surface area contributed by atoms with Crippen molar-refractivity contribution in [2.24, 2.45) is 0 Å². The number of pyridine rings is 1. The Balaban J connectivity index is 2.09. The van der Waals surface area contributed by atoms with Crippen LogP contribution in [0.4, 0.5) is 4.39 Å². The van der Waals surface area contributed by atoms with E-state index < -0.39 is 11.6 Å². The van der Waals surface area contributed by atoms with Crippen molar-refractivity contribution in [2.75, 3.05) is 0 Å². The van der Waals surface area contributed by atoms with Crippen molar-refractivity contribution in [3.63, 3.8) is 0 Å². The monoisotopic (exact) mass is 314 g/mol. The van der Waals surface area contributed by atoms with Gasteiger partial charge in [0.05, 0.1) is 27.9 Å². The van der Waals surface area contributed by atoms with Gasteiger partial charge in [0.2, 0.25) is 5.78 Å². The zero-order chi connectivity index (χ0) is 16.7. The van der Waals surface area contributed by atoms with Gasteiger partial charge in [-0.05, 0) is 35.7 Å². The number of ketones is 1. The molecule has 0 amide bonds. The predicted molar refractivity (Wildman–Crippen MR) is 89.5 cm³/mol. The summed E-state index contributed by atoms with van der Waals surface area (Å²) in [6, 6.07) is 20.8. The van der Waals surface area contributed by atoms with Gasteiger partial charge in [-0.3, -0.25) is 4.79 Å². The van der Waals surface area contributed by atoms with Crippen molar-refractivity contribution in [3.8, 4) is 6.07 Å². The lowest BCUT2D eigenvalue weighted by atomic mass is 10.1. The van der Waals surface area contributed by atoms with Crippen molar-refractivity contribution >= 4 is 22.2 Å². The van der Waals surface area contributed by atoms with Gasteiger partial charge in [-0.25, -0.2) is 4.39 Å². The third kappa shape index (κ3) is 1.99. The summed E-state index contributed by atoms with van der Waals surface area (Å²) in [5.74, 6) is -1.02. The highest BCUT2D eigenvalue weighted by molar-refractivity contribution is 6.10. The van der Waals surface area contributed by atoms with E-state index in [1.54, 1.807) is 22.6 Å². The average molecular weight is 314 g/mol. The van der Waals surface area contributed by atoms with Crippen LogP contribution in [0.5, 0.6) is 0 Å². The molecule has 0 N–H and O–H groups in total. The molecule has 2 aromatic heterocycles. The molecule has 0 aliphatic carbocycles. The van der Waals surface area contributed by atoms with Crippen molar-refractivity contribution in [1.29, 1.82) is 5.26 Å². The van der Waals surface area contributed by atoms with E-state index >= 15 is 0 Å². The van der Waals surface area contributed by atoms with E-state index in [2.05, 4.69) is 6.07 Å². The molecule has 114 valence electrons. The molecule has 0 fully saturated rings. The van der Waals surface area contributed by atoms with Gasteiger partial charge in [-0.1, -0.05) is 36.4 Å². The maximum Gasteiger partial charge on any atom is 0.212 e. The second kappa shape index (κ2) is 5.32. The van der Waals surface area contributed by atoms with E-state index in [1.165, 1.54) is 18.2 Å². The molecule has 24 heavy (non-hydrogen) atoms. The fourth-order valence-corrected chi connectivity index (χ4v) is 2.99. The Morgan fingerprint density at radius 3 is 2.50 bits per heavy atom. The van der Waals surface area contributed by atoms with E-state index in [-0.39, 0.29) is 11.3 Å². The van der Waals surface area contributed by atoms with Crippen LogP contribution in [0.2, 0.25) is 0 Å². The Kier molecular flexibility index (Phi) is 3.14. The molecule has 0 unspecified atom stereocenters.